The summed E-state index contributed by atoms with van der Waals surface area (Å²) in [5.41, 5.74) is 3.29. The zero-order valence-corrected chi connectivity index (χ0v) is 18.9. The maximum Gasteiger partial charge on any atom is 0.264 e. The van der Waals surface area contributed by atoms with Crippen molar-refractivity contribution in [2.24, 2.45) is 0 Å². The molecule has 32 heavy (non-hydrogen) atoms. The maximum absolute atomic E-state index is 13.1. The third-order valence-electron chi connectivity index (χ3n) is 5.87. The zero-order chi connectivity index (χ0) is 22.7. The summed E-state index contributed by atoms with van der Waals surface area (Å²) in [7, 11) is -0.835. The van der Waals surface area contributed by atoms with Crippen molar-refractivity contribution in [3.8, 4) is 5.75 Å². The number of hydrogen-bond acceptors (Lipinski definition) is 4. The Kier molecular flexibility index (Phi) is 6.19. The van der Waals surface area contributed by atoms with Gasteiger partial charge in [-0.25, -0.2) is 8.42 Å². The molecule has 0 unspecified atom stereocenters. The number of benzene rings is 3. The number of anilines is 1. The van der Waals surface area contributed by atoms with Crippen molar-refractivity contribution in [1.82, 2.24) is 5.32 Å². The SMILES string of the molecule is COc1ccccc1N(C)S(=O)(=O)c1ccc(C(=O)N[C@@H]2CCCc3ccccc32)cc1. The van der Waals surface area contributed by atoms with Gasteiger partial charge in [0.1, 0.15) is 5.75 Å². The van der Waals surface area contributed by atoms with Crippen LogP contribution in [0.2, 0.25) is 0 Å². The second-order valence-electron chi connectivity index (χ2n) is 7.79. The van der Waals surface area contributed by atoms with E-state index in [9.17, 15) is 13.2 Å². The van der Waals surface area contributed by atoms with Gasteiger partial charge in [0, 0.05) is 12.6 Å². The van der Waals surface area contributed by atoms with Crippen molar-refractivity contribution in [3.05, 3.63) is 89.5 Å². The van der Waals surface area contributed by atoms with Crippen LogP contribution < -0.4 is 14.4 Å². The number of sulfonamides is 1. The quantitative estimate of drug-likeness (QED) is 0.607. The number of ether oxygens (including phenoxy) is 1. The number of carbonyl (C=O) groups excluding carboxylic acids is 1. The number of nitrogens with one attached hydrogen (secondary N) is 1. The lowest BCUT2D eigenvalue weighted by Gasteiger charge is -2.26. The fraction of sp³-hybridized carbons (Fsp3) is 0.240. The lowest BCUT2D eigenvalue weighted by Crippen LogP contribution is -2.31. The fourth-order valence-electron chi connectivity index (χ4n) is 4.10. The van der Waals surface area contributed by atoms with E-state index in [1.807, 2.05) is 12.1 Å². The minimum Gasteiger partial charge on any atom is -0.495 e. The summed E-state index contributed by atoms with van der Waals surface area (Å²) in [5, 5.41) is 3.10. The topological polar surface area (TPSA) is 75.7 Å². The van der Waals surface area contributed by atoms with Gasteiger partial charge in [-0.2, -0.15) is 0 Å². The molecule has 1 atom stereocenters. The van der Waals surface area contributed by atoms with Crippen LogP contribution >= 0.6 is 0 Å². The lowest BCUT2D eigenvalue weighted by atomic mass is 9.87. The molecule has 0 aromatic heterocycles. The van der Waals surface area contributed by atoms with Crippen LogP contribution in [0.4, 0.5) is 5.69 Å². The normalized spacial score (nSPS) is 15.5. The summed E-state index contributed by atoms with van der Waals surface area (Å²) in [5.74, 6) is 0.246. The van der Waals surface area contributed by atoms with Crippen molar-refractivity contribution < 1.29 is 17.9 Å². The van der Waals surface area contributed by atoms with E-state index in [-0.39, 0.29) is 16.8 Å². The molecular weight excluding hydrogens is 424 g/mol. The Morgan fingerprint density at radius 2 is 1.69 bits per heavy atom. The summed E-state index contributed by atoms with van der Waals surface area (Å²) < 4.78 is 32.7. The van der Waals surface area contributed by atoms with Gasteiger partial charge in [0.2, 0.25) is 0 Å². The number of fused-ring (bicyclic) bond motifs is 1. The van der Waals surface area contributed by atoms with Gasteiger partial charge >= 0.3 is 0 Å². The number of methoxy groups -OCH3 is 1. The summed E-state index contributed by atoms with van der Waals surface area (Å²) in [6, 6.07) is 21.1. The number of hydrogen-bond donors (Lipinski definition) is 1. The first-order chi connectivity index (χ1) is 15.4. The van der Waals surface area contributed by atoms with Crippen LogP contribution in [0.1, 0.15) is 40.4 Å². The molecular formula is C25H26N2O4S. The lowest BCUT2D eigenvalue weighted by molar-refractivity contribution is 0.0932. The van der Waals surface area contributed by atoms with Crippen molar-refractivity contribution >= 4 is 21.6 Å². The number of nitrogens with zero attached hydrogens (tertiary/aromatic N) is 1. The highest BCUT2D eigenvalue weighted by Gasteiger charge is 2.25. The van der Waals surface area contributed by atoms with Gasteiger partial charge in [-0.15, -0.1) is 0 Å². The van der Waals surface area contributed by atoms with E-state index in [1.165, 1.54) is 36.2 Å². The van der Waals surface area contributed by atoms with Gasteiger partial charge in [0.05, 0.1) is 23.7 Å². The third kappa shape index (κ3) is 4.21. The van der Waals surface area contributed by atoms with Gasteiger partial charge in [0.15, 0.2) is 0 Å². The van der Waals surface area contributed by atoms with Crippen LogP contribution in [-0.4, -0.2) is 28.5 Å². The largest absolute Gasteiger partial charge is 0.495 e. The number of rotatable bonds is 6. The van der Waals surface area contributed by atoms with Crippen LogP contribution in [0, 0.1) is 0 Å². The Labute approximate surface area is 188 Å². The highest BCUT2D eigenvalue weighted by atomic mass is 32.2. The molecule has 3 aromatic carbocycles. The first-order valence-corrected chi connectivity index (χ1v) is 12.0. The Morgan fingerprint density at radius 1 is 1.00 bits per heavy atom. The second kappa shape index (κ2) is 9.04. The Balaban J connectivity index is 1.52. The standard InChI is InChI=1S/C25H26N2O4S/c1-27(23-12-5-6-13-24(23)31-2)32(29,30)20-16-14-19(15-17-20)25(28)26-22-11-7-9-18-8-3-4-10-21(18)22/h3-6,8,10,12-17,22H,7,9,11H2,1-2H3,(H,26,28)/t22-/m1/s1. The van der Waals surface area contributed by atoms with E-state index < -0.39 is 10.0 Å². The molecule has 1 aliphatic rings. The number of amides is 1. The number of aryl methyl sites for hydroxylation is 1. The summed E-state index contributed by atoms with van der Waals surface area (Å²) in [4.78, 5) is 12.9. The maximum atomic E-state index is 13.1. The van der Waals surface area contributed by atoms with E-state index in [2.05, 4.69) is 17.4 Å². The van der Waals surface area contributed by atoms with E-state index in [1.54, 1.807) is 36.4 Å². The molecule has 7 heteroatoms. The molecule has 0 radical (unpaired) electrons. The molecule has 4 rings (SSSR count). The molecule has 0 spiro atoms. The van der Waals surface area contributed by atoms with Crippen molar-refractivity contribution in [2.45, 2.75) is 30.2 Å². The Bertz CT molecular complexity index is 1220. The molecule has 0 saturated heterocycles. The number of carbonyl (C=O) groups is 1. The van der Waals surface area contributed by atoms with E-state index in [0.717, 1.165) is 24.8 Å². The van der Waals surface area contributed by atoms with Crippen LogP contribution in [0.15, 0.2) is 77.7 Å². The monoisotopic (exact) mass is 450 g/mol. The van der Waals surface area contributed by atoms with Crippen LogP contribution in [-0.2, 0) is 16.4 Å². The smallest absolute Gasteiger partial charge is 0.264 e. The van der Waals surface area contributed by atoms with Gasteiger partial charge in [0.25, 0.3) is 15.9 Å². The Hall–Kier alpha value is -3.32. The Morgan fingerprint density at radius 3 is 2.44 bits per heavy atom. The highest BCUT2D eigenvalue weighted by molar-refractivity contribution is 7.92. The molecule has 0 bridgehead atoms. The molecule has 6 nitrogen and oxygen atoms in total. The van der Waals surface area contributed by atoms with Gasteiger partial charge in [-0.1, -0.05) is 36.4 Å². The van der Waals surface area contributed by atoms with E-state index in [0.29, 0.717) is 17.0 Å². The predicted molar refractivity (Wildman–Crippen MR) is 125 cm³/mol. The van der Waals surface area contributed by atoms with Crippen molar-refractivity contribution in [1.29, 1.82) is 0 Å². The number of para-hydroxylation sites is 2. The third-order valence-corrected chi connectivity index (χ3v) is 7.66. The minimum absolute atomic E-state index is 0.0347. The molecule has 1 aliphatic carbocycles. The first kappa shape index (κ1) is 21.9. The summed E-state index contributed by atoms with van der Waals surface area (Å²) in [6.45, 7) is 0. The molecule has 0 aliphatic heterocycles. The molecule has 166 valence electrons. The van der Waals surface area contributed by atoms with Crippen molar-refractivity contribution in [2.75, 3.05) is 18.5 Å². The fourth-order valence-corrected chi connectivity index (χ4v) is 5.31. The van der Waals surface area contributed by atoms with Gasteiger partial charge < -0.3 is 10.1 Å². The average Bonchev–Trinajstić information content (AvgIpc) is 2.83. The predicted octanol–water partition coefficient (Wildman–Crippen LogP) is 4.33. The van der Waals surface area contributed by atoms with E-state index in [4.69, 9.17) is 4.74 Å². The zero-order valence-electron chi connectivity index (χ0n) is 18.1. The molecule has 1 amide bonds. The summed E-state index contributed by atoms with van der Waals surface area (Å²) >= 11 is 0. The van der Waals surface area contributed by atoms with Gasteiger partial charge in [-0.3, -0.25) is 9.10 Å². The molecule has 1 N–H and O–H groups in total. The van der Waals surface area contributed by atoms with Crippen molar-refractivity contribution in [3.63, 3.8) is 0 Å². The first-order valence-electron chi connectivity index (χ1n) is 10.5. The second-order valence-corrected chi connectivity index (χ2v) is 9.76. The molecule has 0 fully saturated rings. The highest BCUT2D eigenvalue weighted by Crippen LogP contribution is 2.32. The summed E-state index contributed by atoms with van der Waals surface area (Å²) in [6.07, 6.45) is 2.93. The minimum atomic E-state index is -3.81. The average molecular weight is 451 g/mol. The van der Waals surface area contributed by atoms with Crippen LogP contribution in [0.5, 0.6) is 5.75 Å². The molecule has 3 aromatic rings. The van der Waals surface area contributed by atoms with Crippen LogP contribution in [0.3, 0.4) is 0 Å². The van der Waals surface area contributed by atoms with E-state index >= 15 is 0 Å². The molecule has 0 heterocycles. The molecule has 0 saturated carbocycles. The van der Waals surface area contributed by atoms with Crippen LogP contribution in [0.25, 0.3) is 0 Å². The van der Waals surface area contributed by atoms with Gasteiger partial charge in [-0.05, 0) is 66.8 Å².